The highest BCUT2D eigenvalue weighted by atomic mass is 16.5. The molecule has 38 heavy (non-hydrogen) atoms. The van der Waals surface area contributed by atoms with Gasteiger partial charge in [0, 0.05) is 14.2 Å². The lowest BCUT2D eigenvalue weighted by Crippen LogP contribution is -2.32. The van der Waals surface area contributed by atoms with Crippen molar-refractivity contribution in [3.05, 3.63) is 53.5 Å². The van der Waals surface area contributed by atoms with Crippen LogP contribution in [0.5, 0.6) is 0 Å². The van der Waals surface area contributed by atoms with Gasteiger partial charge in [-0.05, 0) is 26.0 Å². The molecule has 0 aliphatic rings. The molecule has 0 amide bonds. The van der Waals surface area contributed by atoms with E-state index in [2.05, 4.69) is 0 Å². The molecular weight excluding hydrogens is 500 g/mol. The van der Waals surface area contributed by atoms with E-state index in [4.69, 9.17) is 28.4 Å². The Bertz CT molecular complexity index is 1200. The highest BCUT2D eigenvalue weighted by Gasteiger charge is 2.21. The van der Waals surface area contributed by atoms with Gasteiger partial charge in [0.15, 0.2) is 0 Å². The average Bonchev–Trinajstić information content (AvgIpc) is 3.27. The molecule has 2 atom stereocenters. The summed E-state index contributed by atoms with van der Waals surface area (Å²) in [5, 5.41) is 0.405. The largest absolute Gasteiger partial charge is 0.382 e. The SMILES string of the molecule is COCCOCCO[C@H](C)Cn1c(=O)c2cc3c(=O)n(C[C@H](C)OCCOCCOC)c(=O)c3cc2c1=O. The fraction of sp³-hybridized carbons (Fsp3) is 0.615. The normalized spacial score (nSPS) is 13.6. The van der Waals surface area contributed by atoms with Gasteiger partial charge >= 0.3 is 0 Å². The molecule has 0 N–H and O–H groups in total. The molecular formula is C26H36N2O10. The molecule has 1 aromatic carbocycles. The Morgan fingerprint density at radius 1 is 0.553 bits per heavy atom. The Hall–Kier alpha value is -2.74. The third kappa shape index (κ3) is 7.22. The minimum atomic E-state index is -0.525. The van der Waals surface area contributed by atoms with E-state index in [0.29, 0.717) is 52.9 Å². The molecule has 0 fully saturated rings. The lowest BCUT2D eigenvalue weighted by Gasteiger charge is -2.13. The van der Waals surface area contributed by atoms with Crippen molar-refractivity contribution in [3.63, 3.8) is 0 Å². The molecule has 2 heterocycles. The van der Waals surface area contributed by atoms with E-state index in [9.17, 15) is 19.2 Å². The molecule has 12 nitrogen and oxygen atoms in total. The van der Waals surface area contributed by atoms with Crippen molar-refractivity contribution in [1.29, 1.82) is 0 Å². The molecule has 2 aromatic heterocycles. The first-order chi connectivity index (χ1) is 18.3. The second kappa shape index (κ2) is 14.4. The Labute approximate surface area is 219 Å². The van der Waals surface area contributed by atoms with E-state index in [1.165, 1.54) is 12.1 Å². The van der Waals surface area contributed by atoms with Crippen molar-refractivity contribution >= 4 is 21.5 Å². The average molecular weight is 537 g/mol. The number of nitrogens with zero attached hydrogens (tertiary/aromatic N) is 2. The summed E-state index contributed by atoms with van der Waals surface area (Å²) in [7, 11) is 3.17. The first kappa shape index (κ1) is 29.8. The Morgan fingerprint density at radius 3 is 1.18 bits per heavy atom. The number of aromatic nitrogens is 2. The molecule has 0 bridgehead atoms. The zero-order valence-corrected chi connectivity index (χ0v) is 22.4. The molecule has 210 valence electrons. The van der Waals surface area contributed by atoms with Gasteiger partial charge in [0.25, 0.3) is 22.2 Å². The van der Waals surface area contributed by atoms with Crippen LogP contribution in [0, 0.1) is 0 Å². The summed E-state index contributed by atoms with van der Waals surface area (Å²) in [6.45, 7) is 6.73. The van der Waals surface area contributed by atoms with Gasteiger partial charge in [-0.3, -0.25) is 28.3 Å². The number of rotatable bonds is 18. The van der Waals surface area contributed by atoms with Gasteiger partial charge < -0.3 is 28.4 Å². The van der Waals surface area contributed by atoms with Crippen LogP contribution >= 0.6 is 0 Å². The summed E-state index contributed by atoms with van der Waals surface area (Å²) in [4.78, 5) is 52.0. The Kier molecular flexibility index (Phi) is 11.3. The van der Waals surface area contributed by atoms with Crippen LogP contribution in [-0.2, 0) is 41.5 Å². The Morgan fingerprint density at radius 2 is 0.868 bits per heavy atom. The second-order valence-electron chi connectivity index (χ2n) is 8.96. The van der Waals surface area contributed by atoms with Gasteiger partial charge in [0.1, 0.15) is 0 Å². The summed E-state index contributed by atoms with van der Waals surface area (Å²) in [6.07, 6.45) is -0.860. The van der Waals surface area contributed by atoms with Crippen molar-refractivity contribution in [2.75, 3.05) is 67.1 Å². The first-order valence-corrected chi connectivity index (χ1v) is 12.6. The number of ether oxygens (including phenoxy) is 6. The van der Waals surface area contributed by atoms with Crippen LogP contribution in [0.4, 0.5) is 0 Å². The van der Waals surface area contributed by atoms with Crippen molar-refractivity contribution in [1.82, 2.24) is 9.13 Å². The molecule has 0 saturated carbocycles. The topological polar surface area (TPSA) is 134 Å². The van der Waals surface area contributed by atoms with Crippen LogP contribution < -0.4 is 22.2 Å². The van der Waals surface area contributed by atoms with Crippen molar-refractivity contribution in [2.45, 2.75) is 39.1 Å². The minimum absolute atomic E-state index is 0.0349. The van der Waals surface area contributed by atoms with Crippen LogP contribution in [0.1, 0.15) is 13.8 Å². The van der Waals surface area contributed by atoms with Gasteiger partial charge in [-0.1, -0.05) is 0 Å². The second-order valence-corrected chi connectivity index (χ2v) is 8.96. The van der Waals surface area contributed by atoms with Crippen molar-refractivity contribution in [3.8, 4) is 0 Å². The molecule has 0 radical (unpaired) electrons. The smallest absolute Gasteiger partial charge is 0.261 e. The maximum Gasteiger partial charge on any atom is 0.261 e. The van der Waals surface area contributed by atoms with Gasteiger partial charge in [0.05, 0.1) is 99.7 Å². The Balaban J connectivity index is 1.72. The summed E-state index contributed by atoms with van der Waals surface area (Å²) in [5.41, 5.74) is -2.10. The van der Waals surface area contributed by atoms with Gasteiger partial charge in [-0.2, -0.15) is 0 Å². The van der Waals surface area contributed by atoms with E-state index in [-0.39, 0.29) is 34.6 Å². The van der Waals surface area contributed by atoms with Crippen molar-refractivity contribution in [2.24, 2.45) is 0 Å². The number of methoxy groups -OCH3 is 2. The van der Waals surface area contributed by atoms with E-state index < -0.39 is 34.4 Å². The highest BCUT2D eigenvalue weighted by molar-refractivity contribution is 5.97. The number of benzene rings is 1. The lowest BCUT2D eigenvalue weighted by molar-refractivity contribution is -0.00572. The predicted molar refractivity (Wildman–Crippen MR) is 141 cm³/mol. The van der Waals surface area contributed by atoms with E-state index in [1.54, 1.807) is 28.1 Å². The van der Waals surface area contributed by atoms with E-state index in [0.717, 1.165) is 9.13 Å². The minimum Gasteiger partial charge on any atom is -0.382 e. The molecule has 3 aromatic rings. The molecule has 0 unspecified atom stereocenters. The predicted octanol–water partition coefficient (Wildman–Crippen LogP) is 0.0486. The monoisotopic (exact) mass is 536 g/mol. The van der Waals surface area contributed by atoms with E-state index >= 15 is 0 Å². The molecule has 0 saturated heterocycles. The fourth-order valence-corrected chi connectivity index (χ4v) is 4.13. The molecule has 12 heteroatoms. The third-order valence-electron chi connectivity index (χ3n) is 6.06. The lowest BCUT2D eigenvalue weighted by atomic mass is 10.1. The maximum atomic E-state index is 13.0. The van der Waals surface area contributed by atoms with Gasteiger partial charge in [0.2, 0.25) is 0 Å². The summed E-state index contributed by atoms with van der Waals surface area (Å²) in [6, 6.07) is 2.69. The first-order valence-electron chi connectivity index (χ1n) is 12.6. The highest BCUT2D eigenvalue weighted by Crippen LogP contribution is 2.15. The van der Waals surface area contributed by atoms with Crippen LogP contribution in [0.15, 0.2) is 31.3 Å². The summed E-state index contributed by atoms with van der Waals surface area (Å²) < 4.78 is 33.9. The van der Waals surface area contributed by atoms with Crippen LogP contribution in [0.2, 0.25) is 0 Å². The maximum absolute atomic E-state index is 13.0. The number of hydrogen-bond donors (Lipinski definition) is 0. The van der Waals surface area contributed by atoms with Crippen molar-refractivity contribution < 1.29 is 28.4 Å². The fourth-order valence-electron chi connectivity index (χ4n) is 4.13. The zero-order chi connectivity index (χ0) is 27.7. The molecule has 0 aliphatic carbocycles. The molecule has 0 aliphatic heterocycles. The van der Waals surface area contributed by atoms with Gasteiger partial charge in [-0.25, -0.2) is 0 Å². The zero-order valence-electron chi connectivity index (χ0n) is 22.4. The number of fused-ring (bicyclic) bond motifs is 2. The third-order valence-corrected chi connectivity index (χ3v) is 6.06. The quantitative estimate of drug-likeness (QED) is 0.205. The molecule has 3 rings (SSSR count). The van der Waals surface area contributed by atoms with Crippen LogP contribution in [-0.4, -0.2) is 88.4 Å². The standard InChI is InChI=1S/C26H36N2O10/c1-17(37-11-9-35-7-5-33-3)15-27-23(29)19-13-21-22(14-20(19)24(27)30)26(32)28(25(21)31)16-18(2)38-12-10-36-8-6-34-4/h13-14,17-18H,5-12,15-16H2,1-4H3/t17-,18+. The summed E-state index contributed by atoms with van der Waals surface area (Å²) >= 11 is 0. The van der Waals surface area contributed by atoms with Crippen LogP contribution in [0.25, 0.3) is 21.5 Å². The number of hydrogen-bond acceptors (Lipinski definition) is 10. The molecule has 0 spiro atoms. The van der Waals surface area contributed by atoms with Crippen LogP contribution in [0.3, 0.4) is 0 Å². The summed E-state index contributed by atoms with van der Waals surface area (Å²) in [5.74, 6) is 0. The van der Waals surface area contributed by atoms with Gasteiger partial charge in [-0.15, -0.1) is 0 Å². The van der Waals surface area contributed by atoms with E-state index in [1.807, 2.05) is 0 Å².